The smallest absolute Gasteiger partial charge is 0.269 e. The van der Waals surface area contributed by atoms with Gasteiger partial charge in [0, 0.05) is 24.2 Å². The molecule has 23 heavy (non-hydrogen) atoms. The highest BCUT2D eigenvalue weighted by Gasteiger charge is 2.20. The van der Waals surface area contributed by atoms with Gasteiger partial charge in [0.15, 0.2) is 0 Å². The molecule has 120 valence electrons. The number of nitro benzene ring substituents is 1. The molecule has 0 unspecified atom stereocenters. The summed E-state index contributed by atoms with van der Waals surface area (Å²) in [5.41, 5.74) is 1.49. The minimum atomic E-state index is -0.443. The summed E-state index contributed by atoms with van der Waals surface area (Å²) in [5.74, 6) is -0.0999. The Hall–Kier alpha value is -2.40. The molecule has 1 atom stereocenters. The van der Waals surface area contributed by atoms with Crippen LogP contribution >= 0.6 is 11.6 Å². The average molecular weight is 333 g/mol. The first-order chi connectivity index (χ1) is 10.9. The monoisotopic (exact) mass is 332 g/mol. The standard InChI is InChI=1S/C17H17ClN2O3/c1-12(13-7-5-8-15(10-13)20(22)23)19(2)17(21)11-14-6-3-4-9-16(14)18/h3-10,12H,11H2,1-2H3/t12-/m1/s1. The van der Waals surface area contributed by atoms with E-state index >= 15 is 0 Å². The SMILES string of the molecule is C[C@H](c1cccc([N+](=O)[O-])c1)N(C)C(=O)Cc1ccccc1Cl. The maximum atomic E-state index is 12.4. The number of likely N-dealkylation sites (N-methyl/N-ethyl adjacent to an activating group) is 1. The molecule has 5 nitrogen and oxygen atoms in total. The fourth-order valence-corrected chi connectivity index (χ4v) is 2.47. The van der Waals surface area contributed by atoms with Crippen molar-refractivity contribution in [2.45, 2.75) is 19.4 Å². The van der Waals surface area contributed by atoms with E-state index in [4.69, 9.17) is 11.6 Å². The van der Waals surface area contributed by atoms with Gasteiger partial charge in [0.2, 0.25) is 5.91 Å². The number of amides is 1. The van der Waals surface area contributed by atoms with Crippen LogP contribution in [0, 0.1) is 10.1 Å². The Balaban J connectivity index is 2.14. The molecular weight excluding hydrogens is 316 g/mol. The maximum Gasteiger partial charge on any atom is 0.269 e. The molecule has 0 radical (unpaired) electrons. The summed E-state index contributed by atoms with van der Waals surface area (Å²) < 4.78 is 0. The summed E-state index contributed by atoms with van der Waals surface area (Å²) >= 11 is 6.08. The first-order valence-corrected chi connectivity index (χ1v) is 7.51. The number of carbonyl (C=O) groups is 1. The molecule has 0 aliphatic carbocycles. The second-order valence-corrected chi connectivity index (χ2v) is 5.71. The van der Waals surface area contributed by atoms with Crippen LogP contribution in [0.15, 0.2) is 48.5 Å². The van der Waals surface area contributed by atoms with Crippen LogP contribution in [0.2, 0.25) is 5.02 Å². The minimum absolute atomic E-state index is 0.0151. The molecule has 0 spiro atoms. The van der Waals surface area contributed by atoms with Crippen molar-refractivity contribution in [3.05, 3.63) is 74.8 Å². The van der Waals surface area contributed by atoms with E-state index in [1.165, 1.54) is 12.1 Å². The van der Waals surface area contributed by atoms with E-state index < -0.39 is 4.92 Å². The van der Waals surface area contributed by atoms with Gasteiger partial charge < -0.3 is 4.90 Å². The van der Waals surface area contributed by atoms with E-state index in [1.807, 2.05) is 25.1 Å². The zero-order chi connectivity index (χ0) is 17.0. The van der Waals surface area contributed by atoms with Gasteiger partial charge in [-0.1, -0.05) is 41.9 Å². The molecular formula is C17H17ClN2O3. The van der Waals surface area contributed by atoms with Crippen molar-refractivity contribution in [1.82, 2.24) is 4.90 Å². The summed E-state index contributed by atoms with van der Waals surface area (Å²) in [6.45, 7) is 1.84. The quantitative estimate of drug-likeness (QED) is 0.614. The Bertz CT molecular complexity index is 733. The molecule has 0 fully saturated rings. The Morgan fingerprint density at radius 3 is 2.61 bits per heavy atom. The molecule has 0 saturated heterocycles. The van der Waals surface area contributed by atoms with Crippen LogP contribution in [0.5, 0.6) is 0 Å². The van der Waals surface area contributed by atoms with Crippen LogP contribution in [0.3, 0.4) is 0 Å². The van der Waals surface area contributed by atoms with Gasteiger partial charge in [0.25, 0.3) is 5.69 Å². The molecule has 0 bridgehead atoms. The van der Waals surface area contributed by atoms with E-state index in [9.17, 15) is 14.9 Å². The van der Waals surface area contributed by atoms with Crippen LogP contribution in [0.1, 0.15) is 24.1 Å². The Morgan fingerprint density at radius 2 is 1.96 bits per heavy atom. The van der Waals surface area contributed by atoms with E-state index in [2.05, 4.69) is 0 Å². The number of hydrogen-bond acceptors (Lipinski definition) is 3. The van der Waals surface area contributed by atoms with Crippen molar-refractivity contribution in [1.29, 1.82) is 0 Å². The number of halogens is 1. The first-order valence-electron chi connectivity index (χ1n) is 7.13. The molecule has 1 amide bonds. The third kappa shape index (κ3) is 4.07. The van der Waals surface area contributed by atoms with Crippen molar-refractivity contribution < 1.29 is 9.72 Å². The molecule has 0 saturated carbocycles. The zero-order valence-corrected chi connectivity index (χ0v) is 13.7. The molecule has 2 rings (SSSR count). The fourth-order valence-electron chi connectivity index (χ4n) is 2.27. The highest BCUT2D eigenvalue weighted by molar-refractivity contribution is 6.31. The van der Waals surface area contributed by atoms with E-state index in [1.54, 1.807) is 30.1 Å². The fraction of sp³-hybridized carbons (Fsp3) is 0.235. The van der Waals surface area contributed by atoms with Crippen LogP contribution in [0.4, 0.5) is 5.69 Å². The number of benzene rings is 2. The second kappa shape index (κ2) is 7.24. The molecule has 2 aromatic carbocycles. The predicted octanol–water partition coefficient (Wildman–Crippen LogP) is 4.01. The molecule has 6 heteroatoms. The molecule has 0 heterocycles. The number of hydrogen-bond donors (Lipinski definition) is 0. The van der Waals surface area contributed by atoms with Crippen LogP contribution in [0.25, 0.3) is 0 Å². The second-order valence-electron chi connectivity index (χ2n) is 5.30. The highest BCUT2D eigenvalue weighted by Crippen LogP contribution is 2.24. The third-order valence-corrected chi connectivity index (χ3v) is 4.21. The lowest BCUT2D eigenvalue weighted by atomic mass is 10.1. The minimum Gasteiger partial charge on any atom is -0.339 e. The Morgan fingerprint density at radius 1 is 1.26 bits per heavy atom. The van der Waals surface area contributed by atoms with E-state index in [-0.39, 0.29) is 24.1 Å². The van der Waals surface area contributed by atoms with Gasteiger partial charge in [-0.05, 0) is 24.1 Å². The van der Waals surface area contributed by atoms with Crippen LogP contribution in [-0.4, -0.2) is 22.8 Å². The topological polar surface area (TPSA) is 63.5 Å². The zero-order valence-electron chi connectivity index (χ0n) is 12.9. The average Bonchev–Trinajstić information content (AvgIpc) is 2.55. The molecule has 0 aromatic heterocycles. The third-order valence-electron chi connectivity index (χ3n) is 3.84. The van der Waals surface area contributed by atoms with Crippen molar-refractivity contribution in [3.8, 4) is 0 Å². The molecule has 0 aliphatic heterocycles. The number of carbonyl (C=O) groups excluding carboxylic acids is 1. The maximum absolute atomic E-state index is 12.4. The summed E-state index contributed by atoms with van der Waals surface area (Å²) in [5, 5.41) is 11.4. The highest BCUT2D eigenvalue weighted by atomic mass is 35.5. The van der Waals surface area contributed by atoms with Crippen molar-refractivity contribution in [2.24, 2.45) is 0 Å². The van der Waals surface area contributed by atoms with Crippen molar-refractivity contribution in [2.75, 3.05) is 7.05 Å². The van der Waals surface area contributed by atoms with Crippen molar-refractivity contribution in [3.63, 3.8) is 0 Å². The van der Waals surface area contributed by atoms with Gasteiger partial charge in [0.1, 0.15) is 0 Å². The lowest BCUT2D eigenvalue weighted by Gasteiger charge is -2.25. The number of rotatable bonds is 5. The first kappa shape index (κ1) is 17.0. The summed E-state index contributed by atoms with van der Waals surface area (Å²) in [6.07, 6.45) is 0.190. The number of nitro groups is 1. The van der Waals surface area contributed by atoms with Gasteiger partial charge >= 0.3 is 0 Å². The molecule has 0 aliphatic rings. The summed E-state index contributed by atoms with van der Waals surface area (Å²) in [7, 11) is 1.68. The van der Waals surface area contributed by atoms with Crippen molar-refractivity contribution >= 4 is 23.2 Å². The summed E-state index contributed by atoms with van der Waals surface area (Å²) in [6, 6.07) is 13.2. The van der Waals surface area contributed by atoms with Gasteiger partial charge in [-0.15, -0.1) is 0 Å². The van der Waals surface area contributed by atoms with Gasteiger partial charge in [-0.25, -0.2) is 0 Å². The normalized spacial score (nSPS) is 11.8. The van der Waals surface area contributed by atoms with E-state index in [0.717, 1.165) is 5.56 Å². The Labute approximate surface area is 139 Å². The largest absolute Gasteiger partial charge is 0.339 e. The lowest BCUT2D eigenvalue weighted by Crippen LogP contribution is -2.31. The van der Waals surface area contributed by atoms with Gasteiger partial charge in [-0.2, -0.15) is 0 Å². The Kier molecular flexibility index (Phi) is 5.34. The van der Waals surface area contributed by atoms with Crippen LogP contribution in [-0.2, 0) is 11.2 Å². The predicted molar refractivity (Wildman–Crippen MR) is 89.4 cm³/mol. The van der Waals surface area contributed by atoms with E-state index in [0.29, 0.717) is 10.6 Å². The van der Waals surface area contributed by atoms with Crippen LogP contribution < -0.4 is 0 Å². The summed E-state index contributed by atoms with van der Waals surface area (Å²) in [4.78, 5) is 24.4. The molecule has 0 N–H and O–H groups in total. The number of non-ortho nitro benzene ring substituents is 1. The molecule has 2 aromatic rings. The lowest BCUT2D eigenvalue weighted by molar-refractivity contribution is -0.384. The van der Waals surface area contributed by atoms with Gasteiger partial charge in [-0.3, -0.25) is 14.9 Å². The number of nitrogens with zero attached hydrogens (tertiary/aromatic N) is 2. The van der Waals surface area contributed by atoms with Gasteiger partial charge in [0.05, 0.1) is 17.4 Å².